The van der Waals surface area contributed by atoms with E-state index in [4.69, 9.17) is 23.2 Å². The molecule has 1 heterocycles. The third kappa shape index (κ3) is 2.94. The van der Waals surface area contributed by atoms with Gasteiger partial charge < -0.3 is 10.0 Å². The zero-order valence-electron chi connectivity index (χ0n) is 9.77. The Kier molecular flexibility index (Phi) is 4.43. The van der Waals surface area contributed by atoms with Gasteiger partial charge in [-0.25, -0.2) is 0 Å². The average molecular weight is 306 g/mol. The number of hydrogen-bond donors (Lipinski definition) is 1. The lowest BCUT2D eigenvalue weighted by Gasteiger charge is -2.25. The molecule has 1 N–H and O–H groups in total. The fraction of sp³-hybridized carbons (Fsp3) is 0.417. The van der Waals surface area contributed by atoms with Crippen LogP contribution in [0.5, 0.6) is 0 Å². The van der Waals surface area contributed by atoms with E-state index in [1.807, 2.05) is 6.07 Å². The van der Waals surface area contributed by atoms with Crippen molar-refractivity contribution >= 4 is 40.9 Å². The summed E-state index contributed by atoms with van der Waals surface area (Å²) in [6.07, 6.45) is -0.544. The van der Waals surface area contributed by atoms with Gasteiger partial charge in [0.25, 0.3) is 0 Å². The van der Waals surface area contributed by atoms with Gasteiger partial charge in [0.05, 0.1) is 21.9 Å². The van der Waals surface area contributed by atoms with Gasteiger partial charge in [-0.15, -0.1) is 11.8 Å². The van der Waals surface area contributed by atoms with Crippen LogP contribution in [-0.2, 0) is 4.79 Å². The molecule has 2 rings (SSSR count). The number of aliphatic hydroxyl groups excluding tert-OH is 1. The van der Waals surface area contributed by atoms with E-state index in [1.165, 1.54) is 11.8 Å². The van der Waals surface area contributed by atoms with E-state index in [2.05, 4.69) is 0 Å². The van der Waals surface area contributed by atoms with Gasteiger partial charge in [-0.2, -0.15) is 0 Å². The highest BCUT2D eigenvalue weighted by atomic mass is 35.5. The monoisotopic (exact) mass is 305 g/mol. The Morgan fingerprint density at radius 1 is 1.50 bits per heavy atom. The fourth-order valence-corrected chi connectivity index (χ4v) is 3.37. The van der Waals surface area contributed by atoms with Crippen LogP contribution in [0.1, 0.15) is 17.9 Å². The van der Waals surface area contributed by atoms with Crippen LogP contribution in [0.25, 0.3) is 0 Å². The molecular weight excluding hydrogens is 293 g/mol. The molecule has 0 saturated carbocycles. The number of hydrogen-bond acceptors (Lipinski definition) is 3. The predicted molar refractivity (Wildman–Crippen MR) is 75.1 cm³/mol. The minimum absolute atomic E-state index is 0.0389. The molecule has 1 saturated heterocycles. The number of carbonyl (C=O) groups excluding carboxylic acids is 1. The molecule has 0 radical (unpaired) electrons. The molecule has 0 aromatic heterocycles. The third-order valence-corrected chi connectivity index (χ3v) is 4.65. The maximum absolute atomic E-state index is 11.8. The molecule has 0 aliphatic carbocycles. The van der Waals surface area contributed by atoms with Crippen LogP contribution >= 0.6 is 35.0 Å². The Bertz CT molecular complexity index is 467. The SMILES string of the molecule is CC(O)CN1C(=O)CSC1c1ccc(Cl)c(Cl)c1. The lowest BCUT2D eigenvalue weighted by molar-refractivity contribution is -0.129. The van der Waals surface area contributed by atoms with Gasteiger partial charge in [-0.05, 0) is 24.6 Å². The molecule has 1 aliphatic rings. The van der Waals surface area contributed by atoms with Crippen molar-refractivity contribution in [1.29, 1.82) is 0 Å². The van der Waals surface area contributed by atoms with Crippen molar-refractivity contribution in [1.82, 2.24) is 4.90 Å². The van der Waals surface area contributed by atoms with Crippen molar-refractivity contribution in [2.75, 3.05) is 12.3 Å². The van der Waals surface area contributed by atoms with Crippen LogP contribution in [0.3, 0.4) is 0 Å². The summed E-state index contributed by atoms with van der Waals surface area (Å²) in [4.78, 5) is 13.5. The number of nitrogens with zero attached hydrogens (tertiary/aromatic N) is 1. The van der Waals surface area contributed by atoms with Crippen LogP contribution in [0, 0.1) is 0 Å². The first-order chi connectivity index (χ1) is 8.49. The summed E-state index contributed by atoms with van der Waals surface area (Å²) in [6.45, 7) is 2.00. The number of aliphatic hydroxyl groups is 1. The molecule has 1 amide bonds. The summed E-state index contributed by atoms with van der Waals surface area (Å²) in [6, 6.07) is 5.36. The van der Waals surface area contributed by atoms with Crippen molar-refractivity contribution < 1.29 is 9.90 Å². The quantitative estimate of drug-likeness (QED) is 0.933. The second-order valence-electron chi connectivity index (χ2n) is 4.23. The molecule has 1 aliphatic heterocycles. The van der Waals surface area contributed by atoms with Gasteiger partial charge >= 0.3 is 0 Å². The van der Waals surface area contributed by atoms with Crippen LogP contribution in [0.15, 0.2) is 18.2 Å². The standard InChI is InChI=1S/C12H13Cl2NO2S/c1-7(16)5-15-11(17)6-18-12(15)8-2-3-9(13)10(14)4-8/h2-4,7,12,16H,5-6H2,1H3. The van der Waals surface area contributed by atoms with Crippen LogP contribution in [0.2, 0.25) is 10.0 Å². The van der Waals surface area contributed by atoms with Crippen molar-refractivity contribution in [2.24, 2.45) is 0 Å². The van der Waals surface area contributed by atoms with E-state index in [9.17, 15) is 9.90 Å². The molecule has 18 heavy (non-hydrogen) atoms. The topological polar surface area (TPSA) is 40.5 Å². The number of rotatable bonds is 3. The zero-order valence-corrected chi connectivity index (χ0v) is 12.1. The first-order valence-corrected chi connectivity index (χ1v) is 7.33. The average Bonchev–Trinajstić information content (AvgIpc) is 2.64. The fourth-order valence-electron chi connectivity index (χ4n) is 1.88. The summed E-state index contributed by atoms with van der Waals surface area (Å²) >= 11 is 13.4. The predicted octanol–water partition coefficient (Wildman–Crippen LogP) is 2.95. The van der Waals surface area contributed by atoms with Crippen molar-refractivity contribution in [2.45, 2.75) is 18.4 Å². The van der Waals surface area contributed by atoms with Gasteiger partial charge in [0.1, 0.15) is 5.37 Å². The molecular formula is C12H13Cl2NO2S. The summed E-state index contributed by atoms with van der Waals surface area (Å²) in [5.41, 5.74) is 0.931. The molecule has 6 heteroatoms. The Morgan fingerprint density at radius 3 is 2.83 bits per heavy atom. The Labute approximate surface area is 120 Å². The van der Waals surface area contributed by atoms with Crippen molar-refractivity contribution in [3.05, 3.63) is 33.8 Å². The number of thioether (sulfide) groups is 1. The Balaban J connectivity index is 2.25. The van der Waals surface area contributed by atoms with Crippen LogP contribution < -0.4 is 0 Å². The molecule has 2 unspecified atom stereocenters. The molecule has 1 fully saturated rings. The number of amides is 1. The molecule has 1 aromatic carbocycles. The second-order valence-corrected chi connectivity index (χ2v) is 6.11. The van der Waals surface area contributed by atoms with E-state index in [0.29, 0.717) is 22.3 Å². The van der Waals surface area contributed by atoms with E-state index in [-0.39, 0.29) is 11.3 Å². The Morgan fingerprint density at radius 2 is 2.22 bits per heavy atom. The lowest BCUT2D eigenvalue weighted by atomic mass is 10.2. The minimum atomic E-state index is -0.544. The van der Waals surface area contributed by atoms with Gasteiger partial charge in [0.2, 0.25) is 5.91 Å². The van der Waals surface area contributed by atoms with Crippen LogP contribution in [-0.4, -0.2) is 34.3 Å². The van der Waals surface area contributed by atoms with Gasteiger partial charge in [-0.3, -0.25) is 4.79 Å². The highest BCUT2D eigenvalue weighted by Gasteiger charge is 2.33. The first-order valence-electron chi connectivity index (χ1n) is 5.53. The van der Waals surface area contributed by atoms with E-state index < -0.39 is 6.10 Å². The van der Waals surface area contributed by atoms with Gasteiger partial charge in [0, 0.05) is 6.54 Å². The minimum Gasteiger partial charge on any atom is -0.392 e. The van der Waals surface area contributed by atoms with E-state index in [1.54, 1.807) is 24.0 Å². The van der Waals surface area contributed by atoms with Gasteiger partial charge in [0.15, 0.2) is 0 Å². The first kappa shape index (κ1) is 14.0. The number of benzene rings is 1. The summed E-state index contributed by atoms with van der Waals surface area (Å²) < 4.78 is 0. The zero-order chi connectivity index (χ0) is 13.3. The van der Waals surface area contributed by atoms with E-state index in [0.717, 1.165) is 5.56 Å². The maximum atomic E-state index is 11.8. The normalized spacial score (nSPS) is 21.4. The molecule has 1 aromatic rings. The highest BCUT2D eigenvalue weighted by Crippen LogP contribution is 2.40. The highest BCUT2D eigenvalue weighted by molar-refractivity contribution is 8.00. The number of halogens is 2. The Hall–Kier alpha value is -0.420. The summed E-state index contributed by atoms with van der Waals surface area (Å²) in [5, 5.41) is 10.3. The molecule has 2 atom stereocenters. The summed E-state index contributed by atoms with van der Waals surface area (Å²) in [7, 11) is 0. The smallest absolute Gasteiger partial charge is 0.233 e. The molecule has 3 nitrogen and oxygen atoms in total. The molecule has 0 spiro atoms. The van der Waals surface area contributed by atoms with Gasteiger partial charge in [-0.1, -0.05) is 29.3 Å². The number of β-amino-alcohol motifs (C(OH)–C–C–N with tert-alkyl or cyclic N) is 1. The lowest BCUT2D eigenvalue weighted by Crippen LogP contribution is -2.34. The van der Waals surface area contributed by atoms with Crippen LogP contribution in [0.4, 0.5) is 0 Å². The molecule has 0 bridgehead atoms. The second kappa shape index (κ2) is 5.70. The summed E-state index contributed by atoms with van der Waals surface area (Å²) in [5.74, 6) is 0.467. The molecule has 98 valence electrons. The van der Waals surface area contributed by atoms with Crippen molar-refractivity contribution in [3.63, 3.8) is 0 Å². The number of carbonyl (C=O) groups is 1. The van der Waals surface area contributed by atoms with E-state index >= 15 is 0 Å². The third-order valence-electron chi connectivity index (χ3n) is 2.66. The van der Waals surface area contributed by atoms with Crippen molar-refractivity contribution in [3.8, 4) is 0 Å². The maximum Gasteiger partial charge on any atom is 0.233 e. The largest absolute Gasteiger partial charge is 0.392 e.